The van der Waals surface area contributed by atoms with Crippen LogP contribution in [0.25, 0.3) is 0 Å². The molecule has 0 aliphatic heterocycles. The average Bonchev–Trinajstić information content (AvgIpc) is 2.54. The van der Waals surface area contributed by atoms with Gasteiger partial charge in [-0.05, 0) is 57.9 Å². The number of carboxylic acid groups (broad SMARTS) is 1. The number of carboxylic acids is 1. The normalized spacial score (nSPS) is 10.8. The minimum Gasteiger partial charge on any atom is -0.477 e. The summed E-state index contributed by atoms with van der Waals surface area (Å²) in [6, 6.07) is 4.52. The third-order valence-electron chi connectivity index (χ3n) is 3.50. The van der Waals surface area contributed by atoms with Crippen LogP contribution in [-0.2, 0) is 0 Å². The molecule has 2 N–H and O–H groups in total. The number of carbonyl (C=O) groups excluding carboxylic acids is 1. The van der Waals surface area contributed by atoms with Crippen molar-refractivity contribution in [3.63, 3.8) is 0 Å². The molecule has 8 heteroatoms. The molecule has 2 aromatic carbocycles. The van der Waals surface area contributed by atoms with Crippen molar-refractivity contribution in [3.05, 3.63) is 69.8 Å². The molecule has 1 amide bonds. The summed E-state index contributed by atoms with van der Waals surface area (Å²) in [6.07, 6.45) is 0. The molecule has 0 saturated carbocycles. The van der Waals surface area contributed by atoms with Crippen LogP contribution in [0.1, 0.15) is 52.6 Å². The molecule has 0 unspecified atom stereocenters. The molecule has 2 aromatic rings. The van der Waals surface area contributed by atoms with Gasteiger partial charge in [-0.1, -0.05) is 12.1 Å². The lowest BCUT2D eigenvalue weighted by molar-refractivity contribution is 0.0685. The number of aryl methyl sites for hydroxylation is 2. The van der Waals surface area contributed by atoms with E-state index in [9.17, 15) is 27.2 Å². The van der Waals surface area contributed by atoms with Gasteiger partial charge in [0.15, 0.2) is 0 Å². The van der Waals surface area contributed by atoms with Crippen LogP contribution in [0.3, 0.4) is 0 Å². The maximum atomic E-state index is 13.6. The smallest absolute Gasteiger partial charge is 0.341 e. The van der Waals surface area contributed by atoms with E-state index in [0.29, 0.717) is 0 Å². The number of aromatic carboxylic acids is 1. The topological polar surface area (TPSA) is 66.4 Å². The van der Waals surface area contributed by atoms with E-state index >= 15 is 0 Å². The van der Waals surface area contributed by atoms with E-state index in [2.05, 4.69) is 5.32 Å². The van der Waals surface area contributed by atoms with Gasteiger partial charge in [-0.15, -0.1) is 0 Å². The molecule has 0 aliphatic rings. The maximum absolute atomic E-state index is 13.6. The van der Waals surface area contributed by atoms with Crippen LogP contribution in [-0.4, -0.2) is 22.5 Å². The molecule has 28 heavy (non-hydrogen) atoms. The maximum Gasteiger partial charge on any atom is 0.341 e. The monoisotopic (exact) mass is 399 g/mol. The molecular formula is C20H21F4NO3. The van der Waals surface area contributed by atoms with Gasteiger partial charge in [0.25, 0.3) is 5.91 Å². The third-order valence-corrected chi connectivity index (χ3v) is 3.50. The molecule has 0 aliphatic carbocycles. The second-order valence-electron chi connectivity index (χ2n) is 7.12. The second-order valence-corrected chi connectivity index (χ2v) is 7.12. The highest BCUT2D eigenvalue weighted by molar-refractivity contribution is 5.95. The number of nitrogens with one attached hydrogen (secondary N) is 1. The highest BCUT2D eigenvalue weighted by Gasteiger charge is 2.22. The summed E-state index contributed by atoms with van der Waals surface area (Å²) in [7, 11) is 0. The first-order chi connectivity index (χ1) is 12.8. The van der Waals surface area contributed by atoms with Crippen LogP contribution < -0.4 is 5.32 Å². The summed E-state index contributed by atoms with van der Waals surface area (Å²) in [5, 5.41) is 10.9. The first-order valence-corrected chi connectivity index (χ1v) is 8.21. The van der Waals surface area contributed by atoms with Gasteiger partial charge in [-0.25, -0.2) is 22.4 Å². The number of hydrogen-bond donors (Lipinski definition) is 2. The van der Waals surface area contributed by atoms with Crippen molar-refractivity contribution in [2.24, 2.45) is 0 Å². The van der Waals surface area contributed by atoms with Crippen molar-refractivity contribution in [2.45, 2.75) is 40.2 Å². The molecular weight excluding hydrogens is 378 g/mol. The fourth-order valence-electron chi connectivity index (χ4n) is 2.12. The SMILES string of the molecule is Cc1ccc(F)c(C(=O)NC(C)(C)C)c1F.Cc1ccc(F)c(C(=O)O)c1F. The predicted molar refractivity (Wildman–Crippen MR) is 96.4 cm³/mol. The van der Waals surface area contributed by atoms with Crippen molar-refractivity contribution in [1.29, 1.82) is 0 Å². The second kappa shape index (κ2) is 8.86. The van der Waals surface area contributed by atoms with Gasteiger partial charge in [0.2, 0.25) is 0 Å². The minimum atomic E-state index is -1.59. The summed E-state index contributed by atoms with van der Waals surface area (Å²) >= 11 is 0. The van der Waals surface area contributed by atoms with Crippen LogP contribution in [0.5, 0.6) is 0 Å². The molecule has 0 spiro atoms. The van der Waals surface area contributed by atoms with Crippen molar-refractivity contribution >= 4 is 11.9 Å². The fourth-order valence-corrected chi connectivity index (χ4v) is 2.12. The average molecular weight is 399 g/mol. The summed E-state index contributed by atoms with van der Waals surface area (Å²) in [4.78, 5) is 22.0. The molecule has 0 bridgehead atoms. The van der Waals surface area contributed by atoms with Gasteiger partial charge in [0.05, 0.1) is 0 Å². The highest BCUT2D eigenvalue weighted by Crippen LogP contribution is 2.17. The molecule has 0 fully saturated rings. The van der Waals surface area contributed by atoms with Gasteiger partial charge in [0, 0.05) is 5.54 Å². The van der Waals surface area contributed by atoms with E-state index in [1.165, 1.54) is 26.0 Å². The number of benzene rings is 2. The fraction of sp³-hybridized carbons (Fsp3) is 0.300. The van der Waals surface area contributed by atoms with Crippen molar-refractivity contribution in [2.75, 3.05) is 0 Å². The van der Waals surface area contributed by atoms with E-state index < -0.39 is 51.8 Å². The zero-order chi connectivity index (χ0) is 21.8. The number of amides is 1. The van der Waals surface area contributed by atoms with Gasteiger partial charge in [0.1, 0.15) is 34.4 Å². The molecule has 4 nitrogen and oxygen atoms in total. The van der Waals surface area contributed by atoms with Crippen molar-refractivity contribution in [1.82, 2.24) is 5.32 Å². The van der Waals surface area contributed by atoms with Crippen LogP contribution in [0.4, 0.5) is 17.6 Å². The Morgan fingerprint density at radius 3 is 1.57 bits per heavy atom. The number of halogens is 4. The summed E-state index contributed by atoms with van der Waals surface area (Å²) in [6.45, 7) is 8.10. The van der Waals surface area contributed by atoms with Crippen LogP contribution in [0, 0.1) is 37.1 Å². The van der Waals surface area contributed by atoms with E-state index in [0.717, 1.165) is 12.1 Å². The molecule has 0 aromatic heterocycles. The van der Waals surface area contributed by atoms with E-state index in [4.69, 9.17) is 5.11 Å². The van der Waals surface area contributed by atoms with Crippen LogP contribution >= 0.6 is 0 Å². The number of rotatable bonds is 2. The van der Waals surface area contributed by atoms with Gasteiger partial charge in [-0.3, -0.25) is 4.79 Å². The predicted octanol–water partition coefficient (Wildman–Crippen LogP) is 4.77. The Labute approximate surface area is 160 Å². The summed E-state index contributed by atoms with van der Waals surface area (Å²) in [5.74, 6) is -6.03. The van der Waals surface area contributed by atoms with E-state index in [-0.39, 0.29) is 11.1 Å². The minimum absolute atomic E-state index is 0.119. The van der Waals surface area contributed by atoms with Crippen molar-refractivity contribution in [3.8, 4) is 0 Å². The summed E-state index contributed by atoms with van der Waals surface area (Å²) < 4.78 is 52.5. The van der Waals surface area contributed by atoms with Gasteiger partial charge >= 0.3 is 5.97 Å². The highest BCUT2D eigenvalue weighted by atomic mass is 19.1. The Bertz CT molecular complexity index is 905. The molecule has 0 atom stereocenters. The number of hydrogen-bond acceptors (Lipinski definition) is 2. The molecule has 0 saturated heterocycles. The standard InChI is InChI=1S/C12H15F2NO.C8H6F2O2/c1-7-5-6-8(13)9(10(7)14)11(16)15-12(2,3)4;1-4-2-3-5(9)6(7(4)10)8(11)12/h5-6H,1-4H3,(H,15,16);2-3H,1H3,(H,11,12). The van der Waals surface area contributed by atoms with Crippen LogP contribution in [0.2, 0.25) is 0 Å². The van der Waals surface area contributed by atoms with E-state index in [1.54, 1.807) is 20.8 Å². The molecule has 0 radical (unpaired) electrons. The zero-order valence-corrected chi connectivity index (χ0v) is 16.1. The Morgan fingerprint density at radius 2 is 1.21 bits per heavy atom. The first-order valence-electron chi connectivity index (χ1n) is 8.21. The lowest BCUT2D eigenvalue weighted by Gasteiger charge is -2.21. The quantitative estimate of drug-likeness (QED) is 0.715. The van der Waals surface area contributed by atoms with Crippen molar-refractivity contribution < 1.29 is 32.3 Å². The Morgan fingerprint density at radius 1 is 0.821 bits per heavy atom. The Hall–Kier alpha value is -2.90. The lowest BCUT2D eigenvalue weighted by atomic mass is 10.1. The first kappa shape index (κ1) is 23.1. The third kappa shape index (κ3) is 5.80. The molecule has 2 rings (SSSR count). The summed E-state index contributed by atoms with van der Waals surface area (Å²) in [5.41, 5.74) is -1.57. The van der Waals surface area contributed by atoms with Gasteiger partial charge < -0.3 is 10.4 Å². The zero-order valence-electron chi connectivity index (χ0n) is 16.1. The lowest BCUT2D eigenvalue weighted by Crippen LogP contribution is -2.41. The van der Waals surface area contributed by atoms with E-state index in [1.807, 2.05) is 0 Å². The Balaban J connectivity index is 0.000000292. The Kier molecular flexibility index (Phi) is 7.32. The number of carbonyl (C=O) groups is 2. The van der Waals surface area contributed by atoms with Crippen LogP contribution in [0.15, 0.2) is 24.3 Å². The molecule has 0 heterocycles. The van der Waals surface area contributed by atoms with Gasteiger partial charge in [-0.2, -0.15) is 0 Å². The largest absolute Gasteiger partial charge is 0.477 e. The molecule has 152 valence electrons.